The van der Waals surface area contributed by atoms with E-state index in [1.807, 2.05) is 0 Å². The maximum absolute atomic E-state index is 11.5. The van der Waals surface area contributed by atoms with Crippen LogP contribution in [0.2, 0.25) is 5.02 Å². The van der Waals surface area contributed by atoms with E-state index in [4.69, 9.17) is 11.6 Å². The first-order valence-electron chi connectivity index (χ1n) is 3.81. The van der Waals surface area contributed by atoms with E-state index in [1.165, 1.54) is 19.3 Å². The van der Waals surface area contributed by atoms with Gasteiger partial charge in [-0.05, 0) is 6.07 Å². The number of urea groups is 1. The fourth-order valence-corrected chi connectivity index (χ4v) is 2.18. The number of carbonyl (C=O) groups is 1. The van der Waals surface area contributed by atoms with E-state index in [0.29, 0.717) is 0 Å². The van der Waals surface area contributed by atoms with Crippen LogP contribution < -0.4 is 10.0 Å². The number of halogens is 1. The van der Waals surface area contributed by atoms with Gasteiger partial charge in [-0.15, -0.1) is 0 Å². The van der Waals surface area contributed by atoms with E-state index < -0.39 is 16.1 Å². The number of amides is 2. The number of hydrogen-bond acceptors (Lipinski definition) is 4. The molecular formula is C7H8ClN3O3S. The van der Waals surface area contributed by atoms with Crippen LogP contribution >= 0.6 is 11.6 Å². The zero-order valence-corrected chi connectivity index (χ0v) is 9.26. The van der Waals surface area contributed by atoms with Gasteiger partial charge in [0.25, 0.3) is 10.0 Å². The van der Waals surface area contributed by atoms with Gasteiger partial charge in [0.05, 0.1) is 5.02 Å². The molecule has 1 rings (SSSR count). The summed E-state index contributed by atoms with van der Waals surface area (Å²) in [4.78, 5) is 14.2. The highest BCUT2D eigenvalue weighted by atomic mass is 35.5. The Morgan fingerprint density at radius 3 is 2.73 bits per heavy atom. The third kappa shape index (κ3) is 2.80. The summed E-state index contributed by atoms with van der Waals surface area (Å²) in [5, 5.41) is 2.12. The summed E-state index contributed by atoms with van der Waals surface area (Å²) in [6, 6.07) is 0.481. The van der Waals surface area contributed by atoms with E-state index in [1.54, 1.807) is 4.72 Å². The average Bonchev–Trinajstić information content (AvgIpc) is 2.17. The normalized spacial score (nSPS) is 10.8. The standard InChI is InChI=1S/C7H8ClN3O3S/c1-9-7(12)11-15(13,14)6-4-10-3-2-5(6)8/h2-4H,1H3,(H2,9,11,12). The van der Waals surface area contributed by atoms with Crippen molar-refractivity contribution in [3.05, 3.63) is 23.5 Å². The molecule has 1 aromatic rings. The molecule has 1 aromatic heterocycles. The summed E-state index contributed by atoms with van der Waals surface area (Å²) in [5.74, 6) is 0. The summed E-state index contributed by atoms with van der Waals surface area (Å²) < 4.78 is 24.8. The van der Waals surface area contributed by atoms with Crippen molar-refractivity contribution in [1.29, 1.82) is 0 Å². The molecule has 2 N–H and O–H groups in total. The minimum absolute atomic E-state index is 0.00130. The predicted molar refractivity (Wildman–Crippen MR) is 54.0 cm³/mol. The van der Waals surface area contributed by atoms with Crippen LogP contribution in [0.4, 0.5) is 4.79 Å². The van der Waals surface area contributed by atoms with E-state index in [-0.39, 0.29) is 9.92 Å². The second-order valence-electron chi connectivity index (χ2n) is 2.49. The van der Waals surface area contributed by atoms with Crippen molar-refractivity contribution in [2.45, 2.75) is 4.90 Å². The number of hydrogen-bond donors (Lipinski definition) is 2. The van der Waals surface area contributed by atoms with Gasteiger partial charge in [0.1, 0.15) is 4.90 Å². The molecule has 0 saturated heterocycles. The van der Waals surface area contributed by atoms with E-state index in [2.05, 4.69) is 10.3 Å². The quantitative estimate of drug-likeness (QED) is 0.792. The Labute approximate surface area is 91.7 Å². The molecule has 0 fully saturated rings. The number of aromatic nitrogens is 1. The lowest BCUT2D eigenvalue weighted by molar-refractivity contribution is 0.248. The number of sulfonamides is 1. The summed E-state index contributed by atoms with van der Waals surface area (Å²) in [7, 11) is -2.66. The van der Waals surface area contributed by atoms with Gasteiger partial charge in [0.15, 0.2) is 0 Å². The van der Waals surface area contributed by atoms with Crippen LogP contribution in [-0.4, -0.2) is 26.5 Å². The van der Waals surface area contributed by atoms with Crippen LogP contribution in [0, 0.1) is 0 Å². The molecule has 0 aliphatic carbocycles. The second-order valence-corrected chi connectivity index (χ2v) is 4.55. The highest BCUT2D eigenvalue weighted by Gasteiger charge is 2.19. The minimum atomic E-state index is -3.96. The molecule has 0 bridgehead atoms. The maximum atomic E-state index is 11.5. The first-order valence-corrected chi connectivity index (χ1v) is 5.67. The number of rotatable bonds is 2. The molecule has 0 aliphatic rings. The molecule has 2 amide bonds. The largest absolute Gasteiger partial charge is 0.340 e. The Morgan fingerprint density at radius 2 is 2.20 bits per heavy atom. The van der Waals surface area contributed by atoms with Crippen molar-refractivity contribution in [3.8, 4) is 0 Å². The van der Waals surface area contributed by atoms with Gasteiger partial charge >= 0.3 is 6.03 Å². The molecule has 82 valence electrons. The molecule has 0 spiro atoms. The molecule has 8 heteroatoms. The topological polar surface area (TPSA) is 88.2 Å². The predicted octanol–water partition coefficient (Wildman–Crippen LogP) is 0.353. The summed E-state index contributed by atoms with van der Waals surface area (Å²) in [5.41, 5.74) is 0. The molecule has 6 nitrogen and oxygen atoms in total. The Bertz CT molecular complexity index is 474. The molecule has 0 radical (unpaired) electrons. The van der Waals surface area contributed by atoms with Crippen molar-refractivity contribution in [3.63, 3.8) is 0 Å². The third-order valence-electron chi connectivity index (χ3n) is 1.48. The molecule has 0 aliphatic heterocycles. The van der Waals surface area contributed by atoms with Crippen LogP contribution in [-0.2, 0) is 10.0 Å². The van der Waals surface area contributed by atoms with Crippen LogP contribution in [0.5, 0.6) is 0 Å². The van der Waals surface area contributed by atoms with Gasteiger partial charge < -0.3 is 5.32 Å². The van der Waals surface area contributed by atoms with Crippen molar-refractivity contribution >= 4 is 27.7 Å². The minimum Gasteiger partial charge on any atom is -0.340 e. The number of pyridine rings is 1. The highest BCUT2D eigenvalue weighted by Crippen LogP contribution is 2.18. The summed E-state index contributed by atoms with van der Waals surface area (Å²) in [6.07, 6.45) is 2.41. The maximum Gasteiger partial charge on any atom is 0.328 e. The smallest absolute Gasteiger partial charge is 0.328 e. The summed E-state index contributed by atoms with van der Waals surface area (Å²) >= 11 is 5.64. The first-order chi connectivity index (χ1) is 6.97. The Kier molecular flexibility index (Phi) is 3.48. The van der Waals surface area contributed by atoms with E-state index >= 15 is 0 Å². The molecule has 0 aromatic carbocycles. The van der Waals surface area contributed by atoms with Crippen LogP contribution in [0.3, 0.4) is 0 Å². The second kappa shape index (κ2) is 4.45. The lowest BCUT2D eigenvalue weighted by Gasteiger charge is -2.06. The monoisotopic (exact) mass is 249 g/mol. The van der Waals surface area contributed by atoms with Crippen molar-refractivity contribution in [1.82, 2.24) is 15.0 Å². The molecular weight excluding hydrogens is 242 g/mol. The van der Waals surface area contributed by atoms with Crippen LogP contribution in [0.15, 0.2) is 23.4 Å². The van der Waals surface area contributed by atoms with Gasteiger partial charge in [-0.1, -0.05) is 11.6 Å². The van der Waals surface area contributed by atoms with E-state index in [0.717, 1.165) is 6.20 Å². The van der Waals surface area contributed by atoms with Gasteiger partial charge in [0, 0.05) is 19.4 Å². The molecule has 0 saturated carbocycles. The van der Waals surface area contributed by atoms with Crippen molar-refractivity contribution in [2.75, 3.05) is 7.05 Å². The zero-order valence-electron chi connectivity index (χ0n) is 7.69. The lowest BCUT2D eigenvalue weighted by atomic mass is 10.5. The van der Waals surface area contributed by atoms with Crippen LogP contribution in [0.1, 0.15) is 0 Å². The number of nitrogens with one attached hydrogen (secondary N) is 2. The molecule has 15 heavy (non-hydrogen) atoms. The fraction of sp³-hybridized carbons (Fsp3) is 0.143. The average molecular weight is 250 g/mol. The van der Waals surface area contributed by atoms with Crippen molar-refractivity contribution < 1.29 is 13.2 Å². The number of carbonyl (C=O) groups excluding carboxylic acids is 1. The first kappa shape index (κ1) is 11.7. The van der Waals surface area contributed by atoms with Gasteiger partial charge in [-0.3, -0.25) is 4.98 Å². The van der Waals surface area contributed by atoms with Gasteiger partial charge in [-0.2, -0.15) is 0 Å². The van der Waals surface area contributed by atoms with Crippen molar-refractivity contribution in [2.24, 2.45) is 0 Å². The summed E-state index contributed by atoms with van der Waals surface area (Å²) in [6.45, 7) is 0. The lowest BCUT2D eigenvalue weighted by Crippen LogP contribution is -2.37. The third-order valence-corrected chi connectivity index (χ3v) is 3.28. The van der Waals surface area contributed by atoms with Gasteiger partial charge in [-0.25, -0.2) is 17.9 Å². The Morgan fingerprint density at radius 1 is 1.53 bits per heavy atom. The van der Waals surface area contributed by atoms with Crippen LogP contribution in [0.25, 0.3) is 0 Å². The SMILES string of the molecule is CNC(=O)NS(=O)(=O)c1cnccc1Cl. The Hall–Kier alpha value is -1.34. The Balaban J connectivity index is 3.07. The molecule has 1 heterocycles. The fourth-order valence-electron chi connectivity index (χ4n) is 0.789. The van der Waals surface area contributed by atoms with E-state index in [9.17, 15) is 13.2 Å². The number of nitrogens with zero attached hydrogens (tertiary/aromatic N) is 1. The van der Waals surface area contributed by atoms with Gasteiger partial charge in [0.2, 0.25) is 0 Å². The zero-order chi connectivity index (χ0) is 11.5. The molecule has 0 unspecified atom stereocenters. The molecule has 0 atom stereocenters. The highest BCUT2D eigenvalue weighted by molar-refractivity contribution is 7.90.